The van der Waals surface area contributed by atoms with E-state index >= 15 is 0 Å². The molecule has 2 heterocycles. The lowest BCUT2D eigenvalue weighted by Crippen LogP contribution is -2.49. The molecule has 4 atom stereocenters. The van der Waals surface area contributed by atoms with Crippen molar-refractivity contribution in [3.8, 4) is 0 Å². The van der Waals surface area contributed by atoms with Crippen molar-refractivity contribution in [1.29, 1.82) is 0 Å². The predicted octanol–water partition coefficient (Wildman–Crippen LogP) is 2.02. The molecule has 0 saturated carbocycles. The number of nitrogens with one attached hydrogen (secondary N) is 1. The van der Waals surface area contributed by atoms with Crippen LogP contribution < -0.4 is 5.32 Å². The molecule has 6 rings (SSSR count). The molecule has 2 N–H and O–H groups in total. The lowest BCUT2D eigenvalue weighted by Gasteiger charge is -2.32. The predicted molar refractivity (Wildman–Crippen MR) is 167 cm³/mol. The molecule has 2 saturated heterocycles. The highest BCUT2D eigenvalue weighted by Crippen LogP contribution is 2.45. The lowest BCUT2D eigenvalue weighted by molar-refractivity contribution is -0.172. The average molecular weight is 630 g/mol. The molecule has 11 nitrogen and oxygen atoms in total. The Bertz CT molecular complexity index is 1560. The first-order chi connectivity index (χ1) is 22.2. The summed E-state index contributed by atoms with van der Waals surface area (Å²) in [6, 6.07) is 14.2. The van der Waals surface area contributed by atoms with Gasteiger partial charge in [-0.05, 0) is 53.8 Å². The summed E-state index contributed by atoms with van der Waals surface area (Å²) in [6.07, 6.45) is 5.07. The van der Waals surface area contributed by atoms with Crippen molar-refractivity contribution in [3.05, 3.63) is 88.5 Å². The Labute approximate surface area is 267 Å². The van der Waals surface area contributed by atoms with Gasteiger partial charge < -0.3 is 34.4 Å². The van der Waals surface area contributed by atoms with Gasteiger partial charge in [-0.25, -0.2) is 4.79 Å². The summed E-state index contributed by atoms with van der Waals surface area (Å²) in [5.74, 6) is -2.33. The molecular formula is C35H39N3O8. The number of benzene rings is 2. The van der Waals surface area contributed by atoms with Crippen LogP contribution in [0.15, 0.2) is 66.3 Å². The van der Waals surface area contributed by atoms with Crippen LogP contribution in [0.25, 0.3) is 6.08 Å². The van der Waals surface area contributed by atoms with E-state index in [1.807, 2.05) is 24.3 Å². The number of carbonyl (C=O) groups is 4. The molecule has 46 heavy (non-hydrogen) atoms. The largest absolute Gasteiger partial charge is 0.456 e. The van der Waals surface area contributed by atoms with Crippen LogP contribution in [0.3, 0.4) is 0 Å². The normalized spacial score (nSPS) is 24.4. The first-order valence-electron chi connectivity index (χ1n) is 15.7. The zero-order valence-corrected chi connectivity index (χ0v) is 26.0. The van der Waals surface area contributed by atoms with Gasteiger partial charge in [-0.3, -0.25) is 14.4 Å². The Balaban J connectivity index is 1.24. The maximum absolute atomic E-state index is 13.9. The number of likely N-dealkylation sites (tertiary alicyclic amines) is 1. The maximum Gasteiger partial charge on any atom is 0.338 e. The first-order valence-corrected chi connectivity index (χ1v) is 15.7. The highest BCUT2D eigenvalue weighted by Gasteiger charge is 2.55. The summed E-state index contributed by atoms with van der Waals surface area (Å²) >= 11 is 0. The van der Waals surface area contributed by atoms with Gasteiger partial charge in [-0.1, -0.05) is 36.4 Å². The molecule has 2 aliphatic carbocycles. The summed E-state index contributed by atoms with van der Waals surface area (Å²) in [5.41, 5.74) is 3.60. The third kappa shape index (κ3) is 6.48. The van der Waals surface area contributed by atoms with Crippen molar-refractivity contribution in [1.82, 2.24) is 15.1 Å². The first kappa shape index (κ1) is 31.7. The minimum atomic E-state index is -0.942. The van der Waals surface area contributed by atoms with Gasteiger partial charge in [-0.15, -0.1) is 0 Å². The maximum atomic E-state index is 13.9. The van der Waals surface area contributed by atoms with Gasteiger partial charge in [0.15, 0.2) is 5.79 Å². The third-order valence-electron chi connectivity index (χ3n) is 8.96. The topological polar surface area (TPSA) is 135 Å². The number of carbonyl (C=O) groups excluding carboxylic acids is 4. The van der Waals surface area contributed by atoms with Crippen LogP contribution in [0, 0.1) is 0 Å². The fourth-order valence-electron chi connectivity index (χ4n) is 6.71. The molecule has 3 amide bonds. The minimum Gasteiger partial charge on any atom is -0.456 e. The van der Waals surface area contributed by atoms with E-state index in [1.54, 1.807) is 55.4 Å². The Hall–Kier alpha value is -4.32. The van der Waals surface area contributed by atoms with Gasteiger partial charge in [0.2, 0.25) is 17.7 Å². The number of rotatable bonds is 8. The summed E-state index contributed by atoms with van der Waals surface area (Å²) in [5, 5.41) is 11.8. The lowest BCUT2D eigenvalue weighted by atomic mass is 9.91. The molecule has 0 bridgehead atoms. The fraction of sp³-hybridized carbons (Fsp3) is 0.429. The van der Waals surface area contributed by atoms with Gasteiger partial charge in [0.25, 0.3) is 0 Å². The summed E-state index contributed by atoms with van der Waals surface area (Å²) in [7, 11) is 3.31. The van der Waals surface area contributed by atoms with E-state index in [2.05, 4.69) is 5.32 Å². The van der Waals surface area contributed by atoms with Crippen LogP contribution in [-0.2, 0) is 41.4 Å². The van der Waals surface area contributed by atoms with E-state index in [0.717, 1.165) is 11.1 Å². The van der Waals surface area contributed by atoms with Crippen LogP contribution in [0.1, 0.15) is 46.3 Å². The highest BCUT2D eigenvalue weighted by molar-refractivity contribution is 5.98. The molecule has 0 aromatic heterocycles. The van der Waals surface area contributed by atoms with E-state index in [0.29, 0.717) is 48.9 Å². The van der Waals surface area contributed by atoms with Gasteiger partial charge in [-0.2, -0.15) is 0 Å². The molecule has 0 radical (unpaired) electrons. The molecule has 1 spiro atoms. The summed E-state index contributed by atoms with van der Waals surface area (Å²) in [4.78, 5) is 55.3. The van der Waals surface area contributed by atoms with E-state index in [1.165, 1.54) is 11.0 Å². The number of hydrogen-bond acceptors (Lipinski definition) is 8. The SMILES string of the molecule is CN(C)C(=O)C=Cc1cccc(C(=O)OC2CC(C(=O)N3CCCC3C(=O)NCCO)=CC3OC4(Cc5ccccc5C4)OC32)c1. The molecule has 2 aliphatic heterocycles. The molecule has 4 aliphatic rings. The van der Waals surface area contributed by atoms with Crippen molar-refractivity contribution in [2.24, 2.45) is 0 Å². The van der Waals surface area contributed by atoms with Gasteiger partial charge in [0.1, 0.15) is 24.4 Å². The van der Waals surface area contributed by atoms with Crippen LogP contribution in [-0.4, -0.2) is 103 Å². The molecule has 2 aromatic rings. The number of likely N-dealkylation sites (N-methyl/N-ethyl adjacent to an activating group) is 1. The van der Waals surface area contributed by atoms with Crippen molar-refractivity contribution < 1.29 is 38.5 Å². The molecule has 2 fully saturated rings. The van der Waals surface area contributed by atoms with Crippen LogP contribution >= 0.6 is 0 Å². The van der Waals surface area contributed by atoms with Gasteiger partial charge >= 0.3 is 5.97 Å². The number of hydrogen-bond donors (Lipinski definition) is 2. The Morgan fingerprint density at radius 3 is 2.57 bits per heavy atom. The number of amides is 3. The molecule has 2 aromatic carbocycles. The van der Waals surface area contributed by atoms with Gasteiger partial charge in [0.05, 0.1) is 12.2 Å². The van der Waals surface area contributed by atoms with Crippen molar-refractivity contribution in [2.75, 3.05) is 33.8 Å². The minimum absolute atomic E-state index is 0.0938. The van der Waals surface area contributed by atoms with E-state index in [-0.39, 0.29) is 37.3 Å². The second kappa shape index (κ2) is 13.2. The zero-order chi connectivity index (χ0) is 32.4. The monoisotopic (exact) mass is 629 g/mol. The number of fused-ring (bicyclic) bond motifs is 2. The zero-order valence-electron chi connectivity index (χ0n) is 26.0. The van der Waals surface area contributed by atoms with E-state index in [4.69, 9.17) is 19.3 Å². The van der Waals surface area contributed by atoms with Crippen LogP contribution in [0.5, 0.6) is 0 Å². The highest BCUT2D eigenvalue weighted by atomic mass is 16.8. The smallest absolute Gasteiger partial charge is 0.338 e. The molecule has 11 heteroatoms. The Morgan fingerprint density at radius 2 is 1.85 bits per heavy atom. The quantitative estimate of drug-likeness (QED) is 0.335. The Kier molecular flexibility index (Phi) is 9.08. The van der Waals surface area contributed by atoms with Gasteiger partial charge in [0, 0.05) is 58.1 Å². The number of aliphatic hydroxyl groups excluding tert-OH is 1. The van der Waals surface area contributed by atoms with Crippen molar-refractivity contribution in [3.63, 3.8) is 0 Å². The summed E-state index contributed by atoms with van der Waals surface area (Å²) in [6.45, 7) is 0.337. The third-order valence-corrected chi connectivity index (χ3v) is 8.96. The second-order valence-corrected chi connectivity index (χ2v) is 12.4. The van der Waals surface area contributed by atoms with Crippen LogP contribution in [0.4, 0.5) is 0 Å². The van der Waals surface area contributed by atoms with Crippen molar-refractivity contribution in [2.45, 2.75) is 62.2 Å². The Morgan fingerprint density at radius 1 is 1.09 bits per heavy atom. The molecular weight excluding hydrogens is 590 g/mol. The standard InChI is InChI=1S/C35H39N3O8/c1-37(2)30(40)13-12-22-7-5-10-23(17-22)34(43)44-28-18-26(33(42)38-15-6-11-27(38)32(41)36-14-16-39)19-29-31(28)46-35(45-29)20-24-8-3-4-9-25(24)21-35/h3-5,7-10,12-13,17,19,27-29,31,39H,6,11,14-16,18,20-21H2,1-2H3,(H,36,41). The number of ether oxygens (including phenoxy) is 3. The summed E-state index contributed by atoms with van der Waals surface area (Å²) < 4.78 is 19.3. The average Bonchev–Trinajstić information content (AvgIpc) is 3.78. The molecule has 4 unspecified atom stereocenters. The second-order valence-electron chi connectivity index (χ2n) is 12.4. The molecule has 242 valence electrons. The van der Waals surface area contributed by atoms with E-state index < -0.39 is 36.1 Å². The number of aliphatic hydroxyl groups is 1. The fourth-order valence-corrected chi connectivity index (χ4v) is 6.71. The number of esters is 1. The van der Waals surface area contributed by atoms with Crippen molar-refractivity contribution >= 4 is 29.8 Å². The number of nitrogens with zero attached hydrogens (tertiary/aromatic N) is 2. The van der Waals surface area contributed by atoms with E-state index in [9.17, 15) is 19.2 Å². The van der Waals surface area contributed by atoms with Crippen LogP contribution in [0.2, 0.25) is 0 Å².